The zero-order valence-electron chi connectivity index (χ0n) is 18.3. The van der Waals surface area contributed by atoms with E-state index in [1.165, 1.54) is 12.1 Å². The van der Waals surface area contributed by atoms with Crippen molar-refractivity contribution < 1.29 is 22.7 Å². The molecule has 0 aliphatic carbocycles. The average Bonchev–Trinajstić information content (AvgIpc) is 3.21. The fourth-order valence-electron chi connectivity index (χ4n) is 3.54. The number of fused-ring (bicyclic) bond motifs is 1. The minimum atomic E-state index is -4.35. The quantitative estimate of drug-likeness (QED) is 0.152. The van der Waals surface area contributed by atoms with Gasteiger partial charge in [0.2, 0.25) is 0 Å². The monoisotopic (exact) mass is 708 g/mol. The molecule has 0 atom stereocenters. The van der Waals surface area contributed by atoms with Crippen LogP contribution in [0, 0.1) is 0 Å². The Labute approximate surface area is 230 Å². The van der Waals surface area contributed by atoms with Gasteiger partial charge in [0.25, 0.3) is 0 Å². The number of benzene rings is 3. The van der Waals surface area contributed by atoms with E-state index in [0.717, 1.165) is 32.2 Å². The lowest BCUT2D eigenvalue weighted by atomic mass is 9.99. The summed E-state index contributed by atoms with van der Waals surface area (Å²) in [5.74, 6) is -0.368. The van der Waals surface area contributed by atoms with Gasteiger partial charge in [0.05, 0.1) is 17.7 Å². The smallest absolute Gasteiger partial charge is 0.416 e. The molecule has 0 bridgehead atoms. The lowest BCUT2D eigenvalue weighted by Gasteiger charge is -2.08. The zero-order chi connectivity index (χ0) is 25.6. The van der Waals surface area contributed by atoms with Gasteiger partial charge in [-0.25, -0.2) is 4.79 Å². The lowest BCUT2D eigenvalue weighted by molar-refractivity contribution is -0.137. The molecule has 0 fully saturated rings. The van der Waals surface area contributed by atoms with Gasteiger partial charge in [-0.1, -0.05) is 42.5 Å². The largest absolute Gasteiger partial charge is 0.462 e. The van der Waals surface area contributed by atoms with Crippen molar-refractivity contribution in [2.75, 3.05) is 6.61 Å². The van der Waals surface area contributed by atoms with E-state index in [9.17, 15) is 18.0 Å². The molecule has 0 unspecified atom stereocenters. The summed E-state index contributed by atoms with van der Waals surface area (Å²) in [7, 11) is 0. The standard InChI is InChI=1S/C25H19F3O2S.Br3P/c1-2-30-24(29)18-8-4-7-17(14-18)21-10-5-11-23-22(21)15-20(31-23)13-16-6-3-9-19(12-16)25(26,27)28;1-4(2)3/h3-12,14-15H,2,13H2,1H3;. The number of esters is 1. The number of thiophene rings is 1. The van der Waals surface area contributed by atoms with Crippen molar-refractivity contribution in [2.24, 2.45) is 0 Å². The number of hydrogen-bond donors (Lipinski definition) is 0. The molecule has 1 aromatic heterocycles. The van der Waals surface area contributed by atoms with Crippen LogP contribution in [0.25, 0.3) is 21.2 Å². The minimum absolute atomic E-state index is 0.183. The van der Waals surface area contributed by atoms with Gasteiger partial charge in [-0.2, -0.15) is 13.2 Å². The van der Waals surface area contributed by atoms with Crippen LogP contribution in [0.15, 0.2) is 72.8 Å². The fraction of sp³-hybridized carbons (Fsp3) is 0.160. The van der Waals surface area contributed by atoms with Gasteiger partial charge in [-0.05, 0) is 100 Å². The lowest BCUT2D eigenvalue weighted by Crippen LogP contribution is -2.05. The summed E-state index contributed by atoms with van der Waals surface area (Å²) in [6, 6.07) is 20.6. The topological polar surface area (TPSA) is 26.3 Å². The molecular formula is C25H19Br3F3O2PS. The number of rotatable bonds is 5. The molecule has 0 aliphatic rings. The molecule has 0 radical (unpaired) electrons. The number of carbonyl (C=O) groups excluding carboxylic acids is 1. The second kappa shape index (κ2) is 12.8. The predicted molar refractivity (Wildman–Crippen MR) is 151 cm³/mol. The Balaban J connectivity index is 0.000000795. The summed E-state index contributed by atoms with van der Waals surface area (Å²) >= 11 is 11.1. The highest BCUT2D eigenvalue weighted by Crippen LogP contribution is 2.59. The predicted octanol–water partition coefficient (Wildman–Crippen LogP) is 10.8. The van der Waals surface area contributed by atoms with E-state index in [-0.39, 0.29) is 10.00 Å². The van der Waals surface area contributed by atoms with E-state index < -0.39 is 11.7 Å². The molecule has 3 aromatic carbocycles. The van der Waals surface area contributed by atoms with E-state index in [1.807, 2.05) is 36.4 Å². The molecule has 0 saturated carbocycles. The molecule has 184 valence electrons. The van der Waals surface area contributed by atoms with Gasteiger partial charge in [0.15, 0.2) is 0 Å². The molecule has 1 heterocycles. The summed E-state index contributed by atoms with van der Waals surface area (Å²) in [5, 5.41) is 1.01. The Morgan fingerprint density at radius 3 is 2.34 bits per heavy atom. The summed E-state index contributed by atoms with van der Waals surface area (Å²) in [6.45, 7) is 2.07. The van der Waals surface area contributed by atoms with Crippen LogP contribution in [0.4, 0.5) is 13.2 Å². The Kier molecular flexibility index (Phi) is 10.4. The highest BCUT2D eigenvalue weighted by Gasteiger charge is 2.30. The first-order valence-electron chi connectivity index (χ1n) is 10.3. The van der Waals surface area contributed by atoms with E-state index in [2.05, 4.69) is 46.5 Å². The number of carbonyl (C=O) groups is 1. The molecule has 35 heavy (non-hydrogen) atoms. The van der Waals surface area contributed by atoms with E-state index in [4.69, 9.17) is 4.74 Å². The normalized spacial score (nSPS) is 11.3. The fourth-order valence-corrected chi connectivity index (χ4v) is 4.66. The SMILES string of the molecule is BrP(Br)Br.CCOC(=O)c1cccc(-c2cccc3sc(Cc4cccc(C(F)(F)F)c4)cc23)c1. The van der Waals surface area contributed by atoms with Crippen LogP contribution in [0.2, 0.25) is 0 Å². The molecule has 2 nitrogen and oxygen atoms in total. The van der Waals surface area contributed by atoms with Crippen LogP contribution in [-0.2, 0) is 17.3 Å². The number of ether oxygens (including phenoxy) is 1. The van der Waals surface area contributed by atoms with Crippen molar-refractivity contribution in [2.45, 2.75) is 19.5 Å². The second-order valence-corrected chi connectivity index (χ2v) is 23.8. The molecule has 0 spiro atoms. The molecule has 4 rings (SSSR count). The van der Waals surface area contributed by atoms with Crippen molar-refractivity contribution in [1.29, 1.82) is 0 Å². The maximum Gasteiger partial charge on any atom is 0.416 e. The number of halogens is 6. The molecule has 4 aromatic rings. The average molecular weight is 711 g/mol. The van der Waals surface area contributed by atoms with Gasteiger partial charge in [0, 0.05) is 21.4 Å². The molecule has 0 N–H and O–H groups in total. The van der Waals surface area contributed by atoms with Crippen LogP contribution >= 0.6 is 61.8 Å². The van der Waals surface area contributed by atoms with Crippen LogP contribution in [0.5, 0.6) is 0 Å². The minimum Gasteiger partial charge on any atom is -0.462 e. The first-order chi connectivity index (χ1) is 16.6. The van der Waals surface area contributed by atoms with Crippen LogP contribution in [-0.4, -0.2) is 12.6 Å². The summed E-state index contributed by atoms with van der Waals surface area (Å²) in [4.78, 5) is 13.1. The van der Waals surface area contributed by atoms with Gasteiger partial charge >= 0.3 is 12.1 Å². The van der Waals surface area contributed by atoms with Gasteiger partial charge in [0.1, 0.15) is 4.03 Å². The number of hydrogen-bond acceptors (Lipinski definition) is 3. The van der Waals surface area contributed by atoms with Crippen molar-refractivity contribution in [1.82, 2.24) is 0 Å². The molecule has 10 heteroatoms. The molecule has 0 saturated heterocycles. The first kappa shape index (κ1) is 28.3. The van der Waals surface area contributed by atoms with Crippen LogP contribution < -0.4 is 0 Å². The van der Waals surface area contributed by atoms with Gasteiger partial charge < -0.3 is 4.74 Å². The van der Waals surface area contributed by atoms with Crippen molar-refractivity contribution in [3.05, 3.63) is 94.4 Å². The Bertz CT molecular complexity index is 1310. The third kappa shape index (κ3) is 8.12. The summed E-state index contributed by atoms with van der Waals surface area (Å²) in [6.07, 6.45) is -3.93. The van der Waals surface area contributed by atoms with Gasteiger partial charge in [-0.3, -0.25) is 0 Å². The molecule has 0 amide bonds. The number of alkyl halides is 3. The molecule has 0 aliphatic heterocycles. The Morgan fingerprint density at radius 2 is 1.66 bits per heavy atom. The first-order valence-corrected chi connectivity index (χ1v) is 18.5. The van der Waals surface area contributed by atoms with Crippen molar-refractivity contribution in [3.8, 4) is 11.1 Å². The Hall–Kier alpha value is -1.25. The van der Waals surface area contributed by atoms with E-state index in [0.29, 0.717) is 24.2 Å². The highest BCUT2D eigenvalue weighted by molar-refractivity contribution is 9.93. The maximum absolute atomic E-state index is 13.0. The second-order valence-electron chi connectivity index (χ2n) is 7.30. The summed E-state index contributed by atoms with van der Waals surface area (Å²) < 4.78 is 45.0. The summed E-state index contributed by atoms with van der Waals surface area (Å²) in [5.41, 5.74) is 2.32. The van der Waals surface area contributed by atoms with E-state index in [1.54, 1.807) is 36.5 Å². The van der Waals surface area contributed by atoms with Gasteiger partial charge in [-0.15, -0.1) is 11.3 Å². The highest BCUT2D eigenvalue weighted by atomic mass is 80.0. The van der Waals surface area contributed by atoms with Crippen molar-refractivity contribution in [3.63, 3.8) is 0 Å². The van der Waals surface area contributed by atoms with Crippen molar-refractivity contribution >= 4 is 77.9 Å². The zero-order valence-corrected chi connectivity index (χ0v) is 24.8. The van der Waals surface area contributed by atoms with E-state index >= 15 is 0 Å². The van der Waals surface area contributed by atoms with Crippen LogP contribution in [0.1, 0.15) is 33.3 Å². The van der Waals surface area contributed by atoms with Crippen LogP contribution in [0.3, 0.4) is 0 Å². The maximum atomic E-state index is 13.0. The third-order valence-electron chi connectivity index (χ3n) is 4.93. The third-order valence-corrected chi connectivity index (χ3v) is 6.03. The molecular weight excluding hydrogens is 692 g/mol. The Morgan fingerprint density at radius 1 is 0.971 bits per heavy atom.